The molecule has 0 amide bonds. The normalized spacial score (nSPS) is 12.2. The average molecular weight is 236 g/mol. The SMILES string of the molecule is Cc1nc(N(CC(F)(F)F)C(C)C)c(N)[nH]1. The molecule has 0 aromatic carbocycles. The van der Waals surface area contributed by atoms with Crippen LogP contribution < -0.4 is 10.6 Å². The first-order valence-electron chi connectivity index (χ1n) is 4.86. The van der Waals surface area contributed by atoms with Gasteiger partial charge in [-0.05, 0) is 20.8 Å². The maximum Gasteiger partial charge on any atom is 0.405 e. The summed E-state index contributed by atoms with van der Waals surface area (Å²) in [5.41, 5.74) is 5.57. The van der Waals surface area contributed by atoms with Gasteiger partial charge in [0.25, 0.3) is 0 Å². The Kier molecular flexibility index (Phi) is 3.35. The minimum atomic E-state index is -4.27. The summed E-state index contributed by atoms with van der Waals surface area (Å²) in [5, 5.41) is 0. The quantitative estimate of drug-likeness (QED) is 0.844. The lowest BCUT2D eigenvalue weighted by molar-refractivity contribution is -0.120. The Morgan fingerprint density at radius 2 is 2.00 bits per heavy atom. The third-order valence-electron chi connectivity index (χ3n) is 2.08. The molecule has 0 aliphatic carbocycles. The number of aryl methyl sites for hydroxylation is 1. The summed E-state index contributed by atoms with van der Waals surface area (Å²) in [6, 6.07) is -0.327. The maximum atomic E-state index is 12.4. The van der Waals surface area contributed by atoms with Gasteiger partial charge in [0.05, 0.1) is 0 Å². The predicted molar refractivity (Wildman–Crippen MR) is 56.3 cm³/mol. The van der Waals surface area contributed by atoms with Crippen molar-refractivity contribution in [3.05, 3.63) is 5.82 Å². The Balaban J connectivity index is 2.99. The van der Waals surface area contributed by atoms with E-state index in [4.69, 9.17) is 5.73 Å². The molecule has 7 heteroatoms. The highest BCUT2D eigenvalue weighted by atomic mass is 19.4. The highest BCUT2D eigenvalue weighted by molar-refractivity contribution is 5.59. The minimum absolute atomic E-state index is 0.157. The molecule has 1 aromatic heterocycles. The zero-order valence-electron chi connectivity index (χ0n) is 9.39. The summed E-state index contributed by atoms with van der Waals surface area (Å²) in [7, 11) is 0. The molecule has 0 aliphatic heterocycles. The van der Waals surface area contributed by atoms with Crippen LogP contribution in [-0.2, 0) is 0 Å². The van der Waals surface area contributed by atoms with Crippen LogP contribution in [0.4, 0.5) is 24.8 Å². The lowest BCUT2D eigenvalue weighted by Crippen LogP contribution is -2.39. The number of anilines is 2. The third-order valence-corrected chi connectivity index (χ3v) is 2.08. The molecule has 0 aliphatic rings. The second-order valence-electron chi connectivity index (χ2n) is 3.90. The van der Waals surface area contributed by atoms with Gasteiger partial charge in [0.15, 0.2) is 5.82 Å². The molecule has 1 heterocycles. The fourth-order valence-electron chi connectivity index (χ4n) is 1.41. The monoisotopic (exact) mass is 236 g/mol. The van der Waals surface area contributed by atoms with E-state index in [9.17, 15) is 13.2 Å². The second-order valence-corrected chi connectivity index (χ2v) is 3.90. The number of imidazole rings is 1. The number of alkyl halides is 3. The molecule has 0 saturated carbocycles. The van der Waals surface area contributed by atoms with Crippen molar-refractivity contribution < 1.29 is 13.2 Å². The van der Waals surface area contributed by atoms with Gasteiger partial charge in [0.1, 0.15) is 18.2 Å². The van der Waals surface area contributed by atoms with Crippen molar-refractivity contribution in [2.24, 2.45) is 0 Å². The fourth-order valence-corrected chi connectivity index (χ4v) is 1.41. The number of halogens is 3. The van der Waals surface area contributed by atoms with Crippen LogP contribution in [0.2, 0.25) is 0 Å². The molecular weight excluding hydrogens is 221 g/mol. The maximum absolute atomic E-state index is 12.4. The number of hydrogen-bond donors (Lipinski definition) is 2. The van der Waals surface area contributed by atoms with Gasteiger partial charge in [-0.15, -0.1) is 0 Å². The molecule has 0 bridgehead atoms. The first kappa shape index (κ1) is 12.7. The van der Waals surface area contributed by atoms with Crippen LogP contribution >= 0.6 is 0 Å². The van der Waals surface area contributed by atoms with Gasteiger partial charge in [-0.1, -0.05) is 0 Å². The smallest absolute Gasteiger partial charge is 0.382 e. The van der Waals surface area contributed by atoms with E-state index in [1.54, 1.807) is 20.8 Å². The van der Waals surface area contributed by atoms with E-state index < -0.39 is 12.7 Å². The molecule has 92 valence electrons. The Labute approximate surface area is 91.6 Å². The van der Waals surface area contributed by atoms with Crippen molar-refractivity contribution in [3.63, 3.8) is 0 Å². The number of nitrogens with two attached hydrogens (primary N) is 1. The number of hydrogen-bond acceptors (Lipinski definition) is 3. The summed E-state index contributed by atoms with van der Waals surface area (Å²) in [6.45, 7) is 3.91. The Hall–Kier alpha value is -1.40. The van der Waals surface area contributed by atoms with Crippen LogP contribution in [0.25, 0.3) is 0 Å². The number of nitrogens with zero attached hydrogens (tertiary/aromatic N) is 2. The first-order valence-corrected chi connectivity index (χ1v) is 4.86. The van der Waals surface area contributed by atoms with E-state index in [2.05, 4.69) is 9.97 Å². The highest BCUT2D eigenvalue weighted by Crippen LogP contribution is 2.26. The number of aromatic amines is 1. The molecule has 0 spiro atoms. The summed E-state index contributed by atoms with van der Waals surface area (Å²) in [4.78, 5) is 7.77. The standard InChI is InChI=1S/C9H15F3N4/c1-5(2)16(4-9(10,11)12)8-7(13)14-6(3)15-8/h5H,4,13H2,1-3H3,(H,14,15). The van der Waals surface area contributed by atoms with Crippen molar-refractivity contribution in [2.45, 2.75) is 33.0 Å². The van der Waals surface area contributed by atoms with E-state index in [-0.39, 0.29) is 17.7 Å². The molecule has 0 fully saturated rings. The second kappa shape index (κ2) is 4.23. The fraction of sp³-hybridized carbons (Fsp3) is 0.667. The molecule has 0 radical (unpaired) electrons. The van der Waals surface area contributed by atoms with Crippen molar-refractivity contribution >= 4 is 11.6 Å². The topological polar surface area (TPSA) is 57.9 Å². The van der Waals surface area contributed by atoms with Gasteiger partial charge in [-0.3, -0.25) is 0 Å². The number of H-pyrrole nitrogens is 1. The summed E-state index contributed by atoms with van der Waals surface area (Å²) in [6.07, 6.45) is -4.27. The molecule has 0 saturated heterocycles. The molecule has 1 aromatic rings. The van der Waals surface area contributed by atoms with Crippen LogP contribution in [0.1, 0.15) is 19.7 Å². The average Bonchev–Trinajstić information content (AvgIpc) is 2.39. The van der Waals surface area contributed by atoms with E-state index in [0.717, 1.165) is 4.90 Å². The Morgan fingerprint density at radius 3 is 2.31 bits per heavy atom. The molecule has 4 nitrogen and oxygen atoms in total. The van der Waals surface area contributed by atoms with Gasteiger partial charge in [0.2, 0.25) is 0 Å². The Bertz CT molecular complexity index is 356. The van der Waals surface area contributed by atoms with Crippen molar-refractivity contribution in [1.29, 1.82) is 0 Å². The Morgan fingerprint density at radius 1 is 1.44 bits per heavy atom. The molecule has 1 rings (SSSR count). The van der Waals surface area contributed by atoms with Crippen LogP contribution in [0, 0.1) is 6.92 Å². The molecular formula is C9H15F3N4. The van der Waals surface area contributed by atoms with E-state index >= 15 is 0 Å². The van der Waals surface area contributed by atoms with Crippen molar-refractivity contribution in [3.8, 4) is 0 Å². The van der Waals surface area contributed by atoms with Crippen LogP contribution in [0.15, 0.2) is 0 Å². The first-order chi connectivity index (χ1) is 7.20. The molecule has 0 unspecified atom stereocenters. The summed E-state index contributed by atoms with van der Waals surface area (Å²) >= 11 is 0. The largest absolute Gasteiger partial charge is 0.405 e. The van der Waals surface area contributed by atoms with E-state index in [1.807, 2.05) is 0 Å². The van der Waals surface area contributed by atoms with Crippen LogP contribution in [-0.4, -0.2) is 28.7 Å². The third kappa shape index (κ3) is 3.04. The van der Waals surface area contributed by atoms with Gasteiger partial charge in [-0.2, -0.15) is 13.2 Å². The zero-order chi connectivity index (χ0) is 12.5. The molecule has 0 atom stereocenters. The van der Waals surface area contributed by atoms with Crippen LogP contribution in [0.3, 0.4) is 0 Å². The van der Waals surface area contributed by atoms with Crippen LogP contribution in [0.5, 0.6) is 0 Å². The minimum Gasteiger partial charge on any atom is -0.382 e. The number of rotatable bonds is 3. The highest BCUT2D eigenvalue weighted by Gasteiger charge is 2.33. The molecule has 3 N–H and O–H groups in total. The predicted octanol–water partition coefficient (Wildman–Crippen LogP) is 2.08. The molecule has 16 heavy (non-hydrogen) atoms. The van der Waals surface area contributed by atoms with E-state index in [0.29, 0.717) is 5.82 Å². The van der Waals surface area contributed by atoms with Gasteiger partial charge >= 0.3 is 6.18 Å². The van der Waals surface area contributed by atoms with Gasteiger partial charge in [0, 0.05) is 6.04 Å². The van der Waals surface area contributed by atoms with E-state index in [1.165, 1.54) is 0 Å². The number of nitrogens with one attached hydrogen (secondary N) is 1. The zero-order valence-corrected chi connectivity index (χ0v) is 9.39. The van der Waals surface area contributed by atoms with Crippen molar-refractivity contribution in [2.75, 3.05) is 17.2 Å². The van der Waals surface area contributed by atoms with Gasteiger partial charge in [-0.25, -0.2) is 4.98 Å². The van der Waals surface area contributed by atoms with Crippen molar-refractivity contribution in [1.82, 2.24) is 9.97 Å². The lowest BCUT2D eigenvalue weighted by Gasteiger charge is -2.27. The summed E-state index contributed by atoms with van der Waals surface area (Å²) < 4.78 is 37.1. The number of nitrogen functional groups attached to an aromatic ring is 1. The lowest BCUT2D eigenvalue weighted by atomic mass is 10.3. The van der Waals surface area contributed by atoms with Gasteiger partial charge < -0.3 is 15.6 Å². The summed E-state index contributed by atoms with van der Waals surface area (Å²) in [5.74, 6) is 0.820. The number of aromatic nitrogens is 2.